The van der Waals surface area contributed by atoms with E-state index in [2.05, 4.69) is 49.2 Å². The number of hydrogen-bond donors (Lipinski definition) is 2. The zero-order valence-corrected chi connectivity index (χ0v) is 12.8. The van der Waals surface area contributed by atoms with Gasteiger partial charge in [0, 0.05) is 28.6 Å². The summed E-state index contributed by atoms with van der Waals surface area (Å²) in [5, 5.41) is 9.92. The molecule has 0 aliphatic rings. The van der Waals surface area contributed by atoms with E-state index in [0.717, 1.165) is 22.2 Å². The lowest BCUT2D eigenvalue weighted by Gasteiger charge is -2.04. The van der Waals surface area contributed by atoms with Crippen LogP contribution >= 0.6 is 0 Å². The molecule has 22 heavy (non-hydrogen) atoms. The van der Waals surface area contributed by atoms with Gasteiger partial charge in [-0.3, -0.25) is 4.79 Å². The predicted octanol–water partition coefficient (Wildman–Crippen LogP) is 4.47. The fourth-order valence-corrected chi connectivity index (χ4v) is 2.76. The van der Waals surface area contributed by atoms with E-state index < -0.39 is 5.97 Å². The molecule has 0 amide bonds. The van der Waals surface area contributed by atoms with Gasteiger partial charge in [0.1, 0.15) is 0 Å². The molecule has 0 atom stereocenters. The molecule has 0 unspecified atom stereocenters. The molecule has 1 heterocycles. The molecule has 3 nitrogen and oxygen atoms in total. The third kappa shape index (κ3) is 2.89. The second-order valence-electron chi connectivity index (χ2n) is 5.82. The van der Waals surface area contributed by atoms with Crippen LogP contribution < -0.4 is 0 Å². The van der Waals surface area contributed by atoms with Crippen LogP contribution in [0.25, 0.3) is 22.2 Å². The van der Waals surface area contributed by atoms with E-state index in [1.54, 1.807) is 0 Å². The fourth-order valence-electron chi connectivity index (χ4n) is 2.76. The number of aromatic amines is 1. The van der Waals surface area contributed by atoms with E-state index in [0.29, 0.717) is 6.42 Å². The summed E-state index contributed by atoms with van der Waals surface area (Å²) in [5.41, 5.74) is 6.93. The van der Waals surface area contributed by atoms with Crippen molar-refractivity contribution in [3.8, 4) is 11.3 Å². The van der Waals surface area contributed by atoms with E-state index in [-0.39, 0.29) is 6.42 Å². The molecule has 0 aliphatic carbocycles. The van der Waals surface area contributed by atoms with Gasteiger partial charge in [0.2, 0.25) is 0 Å². The largest absolute Gasteiger partial charge is 0.481 e. The predicted molar refractivity (Wildman–Crippen MR) is 89.2 cm³/mol. The molecular formula is C19H19NO2. The number of rotatable bonds is 4. The van der Waals surface area contributed by atoms with Crippen LogP contribution in [0, 0.1) is 13.8 Å². The quantitative estimate of drug-likeness (QED) is 0.745. The first-order valence-electron chi connectivity index (χ1n) is 7.44. The second kappa shape index (κ2) is 5.68. The Balaban J connectivity index is 1.99. The number of nitrogens with one attached hydrogen (secondary N) is 1. The Morgan fingerprint density at radius 3 is 2.68 bits per heavy atom. The van der Waals surface area contributed by atoms with Crippen molar-refractivity contribution in [2.75, 3.05) is 0 Å². The number of carboxylic acid groups (broad SMARTS) is 1. The first kappa shape index (κ1) is 14.4. The third-order valence-corrected chi connectivity index (χ3v) is 4.00. The molecule has 0 saturated carbocycles. The van der Waals surface area contributed by atoms with Gasteiger partial charge in [-0.15, -0.1) is 0 Å². The SMILES string of the molecule is Cc1ccc(C)c(-c2cc3cc(CCC(=O)O)ccc3[nH]2)c1. The molecule has 0 spiro atoms. The topological polar surface area (TPSA) is 53.1 Å². The average molecular weight is 293 g/mol. The van der Waals surface area contributed by atoms with Gasteiger partial charge in [0.15, 0.2) is 0 Å². The Kier molecular flexibility index (Phi) is 3.72. The van der Waals surface area contributed by atoms with Crippen LogP contribution in [0.2, 0.25) is 0 Å². The summed E-state index contributed by atoms with van der Waals surface area (Å²) < 4.78 is 0. The lowest BCUT2D eigenvalue weighted by molar-refractivity contribution is -0.136. The van der Waals surface area contributed by atoms with Crippen LogP contribution in [0.15, 0.2) is 42.5 Å². The van der Waals surface area contributed by atoms with Gasteiger partial charge < -0.3 is 10.1 Å². The lowest BCUT2D eigenvalue weighted by atomic mass is 10.0. The Morgan fingerprint density at radius 1 is 1.09 bits per heavy atom. The van der Waals surface area contributed by atoms with Crippen molar-refractivity contribution in [2.45, 2.75) is 26.7 Å². The molecular weight excluding hydrogens is 274 g/mol. The minimum absolute atomic E-state index is 0.166. The summed E-state index contributed by atoms with van der Waals surface area (Å²) in [5.74, 6) is -0.759. The zero-order valence-electron chi connectivity index (χ0n) is 12.8. The maximum atomic E-state index is 10.7. The van der Waals surface area contributed by atoms with Crippen LogP contribution in [0.5, 0.6) is 0 Å². The summed E-state index contributed by atoms with van der Waals surface area (Å²) in [6.07, 6.45) is 0.731. The minimum atomic E-state index is -0.759. The van der Waals surface area contributed by atoms with Crippen molar-refractivity contribution in [3.05, 3.63) is 59.2 Å². The average Bonchev–Trinajstić information content (AvgIpc) is 2.90. The number of hydrogen-bond acceptors (Lipinski definition) is 1. The van der Waals surface area contributed by atoms with E-state index in [1.807, 2.05) is 12.1 Å². The number of aliphatic carboxylic acids is 1. The van der Waals surface area contributed by atoms with Gasteiger partial charge in [0.05, 0.1) is 0 Å². The molecule has 0 fully saturated rings. The number of carboxylic acids is 1. The van der Waals surface area contributed by atoms with Crippen molar-refractivity contribution >= 4 is 16.9 Å². The molecule has 3 rings (SSSR count). The number of carbonyl (C=O) groups is 1. The first-order valence-corrected chi connectivity index (χ1v) is 7.44. The van der Waals surface area contributed by atoms with E-state index in [4.69, 9.17) is 5.11 Å². The monoisotopic (exact) mass is 293 g/mol. The van der Waals surface area contributed by atoms with Crippen molar-refractivity contribution in [2.24, 2.45) is 0 Å². The molecule has 3 aromatic rings. The number of benzene rings is 2. The highest BCUT2D eigenvalue weighted by Crippen LogP contribution is 2.28. The molecule has 0 radical (unpaired) electrons. The smallest absolute Gasteiger partial charge is 0.303 e. The van der Waals surface area contributed by atoms with Gasteiger partial charge in [0.25, 0.3) is 0 Å². The van der Waals surface area contributed by atoms with Gasteiger partial charge in [-0.25, -0.2) is 0 Å². The maximum Gasteiger partial charge on any atom is 0.303 e. The zero-order chi connectivity index (χ0) is 15.7. The highest BCUT2D eigenvalue weighted by Gasteiger charge is 2.07. The molecule has 2 N–H and O–H groups in total. The highest BCUT2D eigenvalue weighted by molar-refractivity contribution is 5.87. The first-order chi connectivity index (χ1) is 10.5. The van der Waals surface area contributed by atoms with Crippen LogP contribution in [-0.2, 0) is 11.2 Å². The minimum Gasteiger partial charge on any atom is -0.481 e. The Morgan fingerprint density at radius 2 is 1.91 bits per heavy atom. The van der Waals surface area contributed by atoms with Crippen molar-refractivity contribution in [3.63, 3.8) is 0 Å². The summed E-state index contributed by atoms with van der Waals surface area (Å²) in [6, 6.07) is 14.7. The fraction of sp³-hybridized carbons (Fsp3) is 0.211. The van der Waals surface area contributed by atoms with Gasteiger partial charge >= 0.3 is 5.97 Å². The van der Waals surface area contributed by atoms with E-state index in [9.17, 15) is 4.79 Å². The second-order valence-corrected chi connectivity index (χ2v) is 5.82. The highest BCUT2D eigenvalue weighted by atomic mass is 16.4. The third-order valence-electron chi connectivity index (χ3n) is 4.00. The van der Waals surface area contributed by atoms with Crippen LogP contribution in [0.3, 0.4) is 0 Å². The van der Waals surface area contributed by atoms with E-state index >= 15 is 0 Å². The molecule has 1 aromatic heterocycles. The van der Waals surface area contributed by atoms with Crippen LogP contribution in [0.4, 0.5) is 0 Å². The lowest BCUT2D eigenvalue weighted by Crippen LogP contribution is -1.96. The normalized spacial score (nSPS) is 11.0. The molecule has 0 saturated heterocycles. The van der Waals surface area contributed by atoms with Crippen LogP contribution in [0.1, 0.15) is 23.1 Å². The maximum absolute atomic E-state index is 10.7. The number of fused-ring (bicyclic) bond motifs is 1. The molecule has 0 aliphatic heterocycles. The number of aryl methyl sites for hydroxylation is 3. The number of H-pyrrole nitrogens is 1. The summed E-state index contributed by atoms with van der Waals surface area (Å²) >= 11 is 0. The standard InChI is InChI=1S/C19H19NO2/c1-12-3-4-13(2)16(9-12)18-11-15-10-14(6-8-19(21)22)5-7-17(15)20-18/h3-5,7,9-11,20H,6,8H2,1-2H3,(H,21,22). The van der Waals surface area contributed by atoms with E-state index in [1.165, 1.54) is 16.7 Å². The van der Waals surface area contributed by atoms with Crippen molar-refractivity contribution in [1.29, 1.82) is 0 Å². The molecule has 2 aromatic carbocycles. The molecule has 112 valence electrons. The van der Waals surface area contributed by atoms with Crippen LogP contribution in [-0.4, -0.2) is 16.1 Å². The summed E-state index contributed by atoms with van der Waals surface area (Å²) in [6.45, 7) is 4.20. The van der Waals surface area contributed by atoms with Crippen molar-refractivity contribution in [1.82, 2.24) is 4.98 Å². The Hall–Kier alpha value is -2.55. The molecule has 3 heteroatoms. The summed E-state index contributed by atoms with van der Waals surface area (Å²) in [4.78, 5) is 14.1. The van der Waals surface area contributed by atoms with Gasteiger partial charge in [-0.1, -0.05) is 23.8 Å². The van der Waals surface area contributed by atoms with Crippen molar-refractivity contribution < 1.29 is 9.90 Å². The van der Waals surface area contributed by atoms with Gasteiger partial charge in [-0.2, -0.15) is 0 Å². The summed E-state index contributed by atoms with van der Waals surface area (Å²) in [7, 11) is 0. The Labute approximate surface area is 129 Å². The Bertz CT molecular complexity index is 846. The number of aromatic nitrogens is 1. The molecule has 0 bridgehead atoms. The van der Waals surface area contributed by atoms with Gasteiger partial charge in [-0.05, 0) is 55.7 Å².